The highest BCUT2D eigenvalue weighted by Gasteiger charge is 2.51. The van der Waals surface area contributed by atoms with Crippen LogP contribution in [0.5, 0.6) is 0 Å². The van der Waals surface area contributed by atoms with Crippen molar-refractivity contribution in [3.63, 3.8) is 0 Å². The Kier molecular flexibility index (Phi) is 4.03. The highest BCUT2D eigenvalue weighted by molar-refractivity contribution is 7.89. The Morgan fingerprint density at radius 2 is 1.62 bits per heavy atom. The number of carbonyl (C=O) groups excluding carboxylic acids is 1. The summed E-state index contributed by atoms with van der Waals surface area (Å²) in [5.74, 6) is 2.51. The number of hydrogen-bond donors (Lipinski definition) is 2. The zero-order valence-corrected chi connectivity index (χ0v) is 13.5. The van der Waals surface area contributed by atoms with Crippen LogP contribution in [0.2, 0.25) is 0 Å². The molecule has 21 heavy (non-hydrogen) atoms. The zero-order valence-electron chi connectivity index (χ0n) is 12.7. The average molecular weight is 314 g/mol. The van der Waals surface area contributed by atoms with Crippen LogP contribution in [-0.4, -0.2) is 33.7 Å². The summed E-state index contributed by atoms with van der Waals surface area (Å²) in [6.45, 7) is 0.203. The molecule has 0 unspecified atom stereocenters. The summed E-state index contributed by atoms with van der Waals surface area (Å²) in [6, 6.07) is 0. The second-order valence-corrected chi connectivity index (χ2v) is 9.51. The van der Waals surface area contributed by atoms with Gasteiger partial charge in [-0.3, -0.25) is 4.79 Å². The highest BCUT2D eigenvalue weighted by atomic mass is 32.2. The van der Waals surface area contributed by atoms with Gasteiger partial charge >= 0.3 is 0 Å². The maximum Gasteiger partial charge on any atom is 0.220 e. The normalized spacial score (nSPS) is 37.7. The molecule has 0 saturated heterocycles. The summed E-state index contributed by atoms with van der Waals surface area (Å²) >= 11 is 0. The van der Waals surface area contributed by atoms with Gasteiger partial charge in [-0.25, -0.2) is 13.1 Å². The third-order valence-electron chi connectivity index (χ3n) is 5.70. The van der Waals surface area contributed by atoms with Crippen molar-refractivity contribution in [2.75, 3.05) is 19.3 Å². The van der Waals surface area contributed by atoms with E-state index in [2.05, 4.69) is 10.0 Å². The summed E-state index contributed by atoms with van der Waals surface area (Å²) in [5, 5.41) is 2.79. The molecule has 0 aromatic rings. The summed E-state index contributed by atoms with van der Waals surface area (Å²) in [4.78, 5) is 12.2. The van der Waals surface area contributed by atoms with E-state index in [1.807, 2.05) is 0 Å². The standard InChI is InChI=1S/C15H26N2O3S/c1-16-21(19,20)3-2-17-14(18)10-15-7-11-4-12(8-15)6-13(5-11)9-15/h11-13,16H,2-10H2,1H3,(H,17,18). The molecule has 4 saturated carbocycles. The molecule has 4 aliphatic rings. The van der Waals surface area contributed by atoms with Crippen molar-refractivity contribution in [3.05, 3.63) is 0 Å². The number of amides is 1. The molecule has 0 aliphatic heterocycles. The van der Waals surface area contributed by atoms with E-state index in [0.29, 0.717) is 6.42 Å². The monoisotopic (exact) mass is 314 g/mol. The largest absolute Gasteiger partial charge is 0.355 e. The summed E-state index contributed by atoms with van der Waals surface area (Å²) in [5.41, 5.74) is 0.223. The van der Waals surface area contributed by atoms with Gasteiger partial charge in [-0.05, 0) is 68.7 Å². The van der Waals surface area contributed by atoms with Gasteiger partial charge in [0.25, 0.3) is 0 Å². The van der Waals surface area contributed by atoms with E-state index in [4.69, 9.17) is 0 Å². The van der Waals surface area contributed by atoms with Crippen LogP contribution in [0.4, 0.5) is 0 Å². The van der Waals surface area contributed by atoms with Crippen LogP contribution >= 0.6 is 0 Å². The van der Waals surface area contributed by atoms with Gasteiger partial charge in [0.15, 0.2) is 0 Å². The first-order chi connectivity index (χ1) is 9.90. The van der Waals surface area contributed by atoms with Gasteiger partial charge in [0.2, 0.25) is 15.9 Å². The molecule has 0 aromatic heterocycles. The Labute approximate surface area is 127 Å². The second kappa shape index (κ2) is 5.54. The molecule has 4 bridgehead atoms. The van der Waals surface area contributed by atoms with Crippen LogP contribution in [0.1, 0.15) is 44.9 Å². The van der Waals surface area contributed by atoms with Crippen molar-refractivity contribution < 1.29 is 13.2 Å². The molecule has 4 fully saturated rings. The minimum atomic E-state index is -3.23. The Morgan fingerprint density at radius 1 is 1.10 bits per heavy atom. The molecule has 4 rings (SSSR count). The first-order valence-corrected chi connectivity index (χ1v) is 9.73. The predicted molar refractivity (Wildman–Crippen MR) is 81.1 cm³/mol. The first-order valence-electron chi connectivity index (χ1n) is 8.08. The molecule has 6 heteroatoms. The van der Waals surface area contributed by atoms with Crippen molar-refractivity contribution >= 4 is 15.9 Å². The van der Waals surface area contributed by atoms with Crippen LogP contribution in [0, 0.1) is 23.2 Å². The molecular weight excluding hydrogens is 288 g/mol. The van der Waals surface area contributed by atoms with E-state index in [9.17, 15) is 13.2 Å². The molecule has 0 spiro atoms. The van der Waals surface area contributed by atoms with E-state index >= 15 is 0 Å². The van der Waals surface area contributed by atoms with E-state index in [1.54, 1.807) is 0 Å². The third-order valence-corrected chi connectivity index (χ3v) is 7.07. The quantitative estimate of drug-likeness (QED) is 0.775. The van der Waals surface area contributed by atoms with Crippen LogP contribution in [0.25, 0.3) is 0 Å². The van der Waals surface area contributed by atoms with Crippen LogP contribution in [0.3, 0.4) is 0 Å². The van der Waals surface area contributed by atoms with Crippen molar-refractivity contribution in [3.8, 4) is 0 Å². The predicted octanol–water partition coefficient (Wildman–Crippen LogP) is 1.26. The maximum atomic E-state index is 12.2. The van der Waals surface area contributed by atoms with Gasteiger partial charge in [-0.1, -0.05) is 0 Å². The molecule has 5 nitrogen and oxygen atoms in total. The lowest BCUT2D eigenvalue weighted by molar-refractivity contribution is -0.129. The Balaban J connectivity index is 1.51. The van der Waals surface area contributed by atoms with Gasteiger partial charge in [0, 0.05) is 13.0 Å². The average Bonchev–Trinajstić information content (AvgIpc) is 2.36. The van der Waals surface area contributed by atoms with Crippen LogP contribution in [-0.2, 0) is 14.8 Å². The van der Waals surface area contributed by atoms with E-state index in [1.165, 1.54) is 45.6 Å². The smallest absolute Gasteiger partial charge is 0.220 e. The van der Waals surface area contributed by atoms with Crippen molar-refractivity contribution in [2.45, 2.75) is 44.9 Å². The molecule has 0 aromatic carbocycles. The summed E-state index contributed by atoms with van der Waals surface area (Å²) < 4.78 is 24.9. The van der Waals surface area contributed by atoms with Gasteiger partial charge in [-0.15, -0.1) is 0 Å². The molecular formula is C15H26N2O3S. The van der Waals surface area contributed by atoms with Gasteiger partial charge in [0.1, 0.15) is 0 Å². The fourth-order valence-corrected chi connectivity index (χ4v) is 5.91. The second-order valence-electron chi connectivity index (χ2n) is 7.47. The van der Waals surface area contributed by atoms with Crippen molar-refractivity contribution in [2.24, 2.45) is 23.2 Å². The van der Waals surface area contributed by atoms with Crippen LogP contribution in [0.15, 0.2) is 0 Å². The van der Waals surface area contributed by atoms with E-state index in [-0.39, 0.29) is 23.6 Å². The van der Waals surface area contributed by atoms with E-state index in [0.717, 1.165) is 17.8 Å². The summed E-state index contributed by atoms with van der Waals surface area (Å²) in [7, 11) is -1.84. The molecule has 4 aliphatic carbocycles. The Bertz CT molecular complexity index is 480. The first kappa shape index (κ1) is 15.3. The molecule has 0 heterocycles. The topological polar surface area (TPSA) is 75.3 Å². The van der Waals surface area contributed by atoms with Gasteiger partial charge < -0.3 is 5.32 Å². The summed E-state index contributed by atoms with van der Waals surface area (Å²) in [6.07, 6.45) is 8.35. The lowest BCUT2D eigenvalue weighted by Gasteiger charge is -2.56. The lowest BCUT2D eigenvalue weighted by Crippen LogP contribution is -2.48. The maximum absolute atomic E-state index is 12.2. The zero-order chi connectivity index (χ0) is 15.1. The Morgan fingerprint density at radius 3 is 2.10 bits per heavy atom. The minimum Gasteiger partial charge on any atom is -0.355 e. The molecule has 1 amide bonds. The molecule has 0 atom stereocenters. The number of sulfonamides is 1. The van der Waals surface area contributed by atoms with Crippen molar-refractivity contribution in [1.29, 1.82) is 0 Å². The number of carbonyl (C=O) groups is 1. The molecule has 120 valence electrons. The number of hydrogen-bond acceptors (Lipinski definition) is 3. The fraction of sp³-hybridized carbons (Fsp3) is 0.933. The van der Waals surface area contributed by atoms with E-state index < -0.39 is 10.0 Å². The highest BCUT2D eigenvalue weighted by Crippen LogP contribution is 2.61. The fourth-order valence-electron chi connectivity index (χ4n) is 5.34. The Hall–Kier alpha value is -0.620. The number of nitrogens with one attached hydrogen (secondary N) is 2. The van der Waals surface area contributed by atoms with Crippen molar-refractivity contribution in [1.82, 2.24) is 10.0 Å². The molecule has 0 radical (unpaired) electrons. The van der Waals surface area contributed by atoms with Gasteiger partial charge in [0.05, 0.1) is 5.75 Å². The van der Waals surface area contributed by atoms with Crippen LogP contribution < -0.4 is 10.0 Å². The third kappa shape index (κ3) is 3.42. The minimum absolute atomic E-state index is 0.0308. The SMILES string of the molecule is CNS(=O)(=O)CCNC(=O)CC12CC3CC(CC(C3)C1)C2. The van der Waals surface area contributed by atoms with Gasteiger partial charge in [-0.2, -0.15) is 0 Å². The molecule has 2 N–H and O–H groups in total. The number of rotatable bonds is 6. The lowest BCUT2D eigenvalue weighted by atomic mass is 9.49.